The predicted molar refractivity (Wildman–Crippen MR) is 66.3 cm³/mol. The van der Waals surface area contributed by atoms with Gasteiger partial charge in [0.15, 0.2) is 0 Å². The van der Waals surface area contributed by atoms with E-state index in [4.69, 9.17) is 0 Å². The summed E-state index contributed by atoms with van der Waals surface area (Å²) in [7, 11) is 0. The lowest BCUT2D eigenvalue weighted by atomic mass is 10.0. The van der Waals surface area contributed by atoms with E-state index in [9.17, 15) is 9.50 Å². The van der Waals surface area contributed by atoms with Gasteiger partial charge in [0.25, 0.3) is 0 Å². The van der Waals surface area contributed by atoms with Gasteiger partial charge in [-0.05, 0) is 23.6 Å². The van der Waals surface area contributed by atoms with Crippen molar-refractivity contribution in [1.29, 1.82) is 0 Å². The number of hydrogen-bond acceptors (Lipinski definition) is 1. The zero-order chi connectivity index (χ0) is 12.1. The van der Waals surface area contributed by atoms with Gasteiger partial charge in [-0.15, -0.1) is 0 Å². The van der Waals surface area contributed by atoms with Crippen molar-refractivity contribution in [2.24, 2.45) is 0 Å². The van der Waals surface area contributed by atoms with Crippen LogP contribution < -0.4 is 0 Å². The minimum atomic E-state index is -0.547. The molecule has 0 aliphatic rings. The molecule has 0 amide bonds. The fourth-order valence-corrected chi connectivity index (χ4v) is 1.88. The van der Waals surface area contributed by atoms with E-state index < -0.39 is 6.10 Å². The smallest absolute Gasteiger partial charge is 0.126 e. The number of halogens is 1. The van der Waals surface area contributed by atoms with Gasteiger partial charge in [0.2, 0.25) is 0 Å². The molecule has 2 aromatic carbocycles. The Morgan fingerprint density at radius 1 is 0.882 bits per heavy atom. The van der Waals surface area contributed by atoms with Gasteiger partial charge in [0.05, 0.1) is 6.10 Å². The molecule has 0 saturated carbocycles. The fourth-order valence-electron chi connectivity index (χ4n) is 1.88. The van der Waals surface area contributed by atoms with Crippen LogP contribution in [-0.4, -0.2) is 11.2 Å². The first-order valence-electron chi connectivity index (χ1n) is 5.71. The molecular formula is C15H15FO. The lowest BCUT2D eigenvalue weighted by Gasteiger charge is -2.11. The first kappa shape index (κ1) is 11.8. The van der Waals surface area contributed by atoms with Crippen molar-refractivity contribution in [2.45, 2.75) is 18.9 Å². The summed E-state index contributed by atoms with van der Waals surface area (Å²) in [5.41, 5.74) is 1.63. The maximum absolute atomic E-state index is 13.4. The second kappa shape index (κ2) is 5.60. The van der Waals surface area contributed by atoms with E-state index in [-0.39, 0.29) is 5.82 Å². The van der Waals surface area contributed by atoms with Gasteiger partial charge >= 0.3 is 0 Å². The Bertz CT molecular complexity index is 467. The van der Waals surface area contributed by atoms with Gasteiger partial charge in [-0.25, -0.2) is 4.39 Å². The highest BCUT2D eigenvalue weighted by Gasteiger charge is 2.09. The summed E-state index contributed by atoms with van der Waals surface area (Å²) in [4.78, 5) is 0. The third kappa shape index (κ3) is 3.40. The molecule has 0 aromatic heterocycles. The van der Waals surface area contributed by atoms with E-state index in [1.807, 2.05) is 30.3 Å². The lowest BCUT2D eigenvalue weighted by molar-refractivity contribution is 0.174. The van der Waals surface area contributed by atoms with E-state index in [2.05, 4.69) is 0 Å². The molecule has 0 spiro atoms. The van der Waals surface area contributed by atoms with Crippen molar-refractivity contribution in [3.05, 3.63) is 71.5 Å². The molecule has 17 heavy (non-hydrogen) atoms. The molecule has 0 bridgehead atoms. The molecule has 0 heterocycles. The minimum absolute atomic E-state index is 0.250. The molecule has 2 heteroatoms. The molecule has 1 nitrogen and oxygen atoms in total. The molecular weight excluding hydrogens is 215 g/mol. The number of benzene rings is 2. The van der Waals surface area contributed by atoms with Crippen LogP contribution in [0.2, 0.25) is 0 Å². The average molecular weight is 230 g/mol. The van der Waals surface area contributed by atoms with Gasteiger partial charge < -0.3 is 5.11 Å². The second-order valence-corrected chi connectivity index (χ2v) is 4.14. The standard InChI is InChI=1S/C15H15FO/c16-15-9-5-4-8-13(15)11-14(17)10-12-6-2-1-3-7-12/h1-9,14,17H,10-11H2. The van der Waals surface area contributed by atoms with Gasteiger partial charge in [-0.1, -0.05) is 48.5 Å². The highest BCUT2D eigenvalue weighted by atomic mass is 19.1. The summed E-state index contributed by atoms with van der Waals surface area (Å²) in [5, 5.41) is 9.91. The van der Waals surface area contributed by atoms with Crippen molar-refractivity contribution in [2.75, 3.05) is 0 Å². The van der Waals surface area contributed by atoms with Crippen molar-refractivity contribution in [3.63, 3.8) is 0 Å². The molecule has 1 N–H and O–H groups in total. The summed E-state index contributed by atoms with van der Waals surface area (Å²) in [5.74, 6) is -0.250. The monoisotopic (exact) mass is 230 g/mol. The molecule has 1 unspecified atom stereocenters. The predicted octanol–water partition coefficient (Wildman–Crippen LogP) is 2.97. The lowest BCUT2D eigenvalue weighted by Crippen LogP contribution is -2.14. The topological polar surface area (TPSA) is 20.2 Å². The average Bonchev–Trinajstić information content (AvgIpc) is 2.33. The van der Waals surface area contributed by atoms with Crippen LogP contribution >= 0.6 is 0 Å². The largest absolute Gasteiger partial charge is 0.392 e. The Morgan fingerprint density at radius 2 is 1.53 bits per heavy atom. The highest BCUT2D eigenvalue weighted by molar-refractivity contribution is 5.20. The zero-order valence-corrected chi connectivity index (χ0v) is 9.51. The maximum atomic E-state index is 13.4. The normalized spacial score (nSPS) is 12.4. The summed E-state index contributed by atoms with van der Waals surface area (Å²) >= 11 is 0. The van der Waals surface area contributed by atoms with Crippen molar-refractivity contribution >= 4 is 0 Å². The van der Waals surface area contributed by atoms with E-state index >= 15 is 0 Å². The molecule has 1 atom stereocenters. The Labute approximate surface area is 101 Å². The first-order chi connectivity index (χ1) is 8.25. The van der Waals surface area contributed by atoms with Crippen LogP contribution in [0.5, 0.6) is 0 Å². The Kier molecular flexibility index (Phi) is 3.89. The van der Waals surface area contributed by atoms with Crippen LogP contribution in [0.15, 0.2) is 54.6 Å². The van der Waals surface area contributed by atoms with Gasteiger partial charge in [0, 0.05) is 6.42 Å². The van der Waals surface area contributed by atoms with Gasteiger partial charge in [0.1, 0.15) is 5.82 Å². The van der Waals surface area contributed by atoms with Crippen molar-refractivity contribution in [3.8, 4) is 0 Å². The maximum Gasteiger partial charge on any atom is 0.126 e. The fraction of sp³-hybridized carbons (Fsp3) is 0.200. The summed E-state index contributed by atoms with van der Waals surface area (Å²) in [6.45, 7) is 0. The highest BCUT2D eigenvalue weighted by Crippen LogP contribution is 2.12. The molecule has 2 aromatic rings. The van der Waals surface area contributed by atoms with Crippen LogP contribution in [-0.2, 0) is 12.8 Å². The second-order valence-electron chi connectivity index (χ2n) is 4.14. The number of rotatable bonds is 4. The minimum Gasteiger partial charge on any atom is -0.392 e. The number of hydrogen-bond donors (Lipinski definition) is 1. The molecule has 88 valence electrons. The number of aliphatic hydroxyl groups excluding tert-OH is 1. The van der Waals surface area contributed by atoms with Crippen molar-refractivity contribution in [1.82, 2.24) is 0 Å². The Morgan fingerprint density at radius 3 is 2.24 bits per heavy atom. The SMILES string of the molecule is OC(Cc1ccccc1)Cc1ccccc1F. The summed E-state index contributed by atoms with van der Waals surface area (Å²) in [6, 6.07) is 16.3. The summed E-state index contributed by atoms with van der Waals surface area (Å²) in [6.07, 6.45) is 0.353. The Balaban J connectivity index is 1.98. The van der Waals surface area contributed by atoms with Crippen LogP contribution in [0.3, 0.4) is 0 Å². The van der Waals surface area contributed by atoms with E-state index in [1.165, 1.54) is 6.07 Å². The molecule has 0 aliphatic carbocycles. The first-order valence-corrected chi connectivity index (χ1v) is 5.71. The van der Waals surface area contributed by atoms with Crippen LogP contribution in [0.1, 0.15) is 11.1 Å². The zero-order valence-electron chi connectivity index (χ0n) is 9.51. The third-order valence-electron chi connectivity index (χ3n) is 2.73. The molecule has 0 radical (unpaired) electrons. The summed E-state index contributed by atoms with van der Waals surface area (Å²) < 4.78 is 13.4. The van der Waals surface area contributed by atoms with E-state index in [0.717, 1.165) is 5.56 Å². The van der Waals surface area contributed by atoms with Crippen LogP contribution in [0.25, 0.3) is 0 Å². The van der Waals surface area contributed by atoms with Crippen molar-refractivity contribution < 1.29 is 9.50 Å². The molecule has 0 aliphatic heterocycles. The quantitative estimate of drug-likeness (QED) is 0.856. The third-order valence-corrected chi connectivity index (χ3v) is 2.73. The number of aliphatic hydroxyl groups is 1. The molecule has 0 fully saturated rings. The Hall–Kier alpha value is -1.67. The molecule has 2 rings (SSSR count). The van der Waals surface area contributed by atoms with Gasteiger partial charge in [-0.3, -0.25) is 0 Å². The van der Waals surface area contributed by atoms with E-state index in [0.29, 0.717) is 18.4 Å². The molecule has 0 saturated heterocycles. The van der Waals surface area contributed by atoms with Gasteiger partial charge in [-0.2, -0.15) is 0 Å². The van der Waals surface area contributed by atoms with Crippen LogP contribution in [0.4, 0.5) is 4.39 Å². The van der Waals surface area contributed by atoms with E-state index in [1.54, 1.807) is 18.2 Å². The van der Waals surface area contributed by atoms with Crippen LogP contribution in [0, 0.1) is 5.82 Å².